The summed E-state index contributed by atoms with van der Waals surface area (Å²) in [5.74, 6) is 0.190. The Balaban J connectivity index is 1.60. The summed E-state index contributed by atoms with van der Waals surface area (Å²) >= 11 is 4.27. The van der Waals surface area contributed by atoms with E-state index in [0.29, 0.717) is 5.13 Å². The molecule has 1 aromatic carbocycles. The number of rotatable bonds is 5. The van der Waals surface area contributed by atoms with Gasteiger partial charge in [0.15, 0.2) is 9.47 Å². The first kappa shape index (κ1) is 15.2. The first-order valence-electron chi connectivity index (χ1n) is 6.45. The van der Waals surface area contributed by atoms with Crippen molar-refractivity contribution >= 4 is 60.8 Å². The number of hydrogen-bond acceptors (Lipinski definition) is 8. The first-order chi connectivity index (χ1) is 10.6. The van der Waals surface area contributed by atoms with E-state index in [4.69, 9.17) is 0 Å². The molecule has 114 valence electrons. The van der Waals surface area contributed by atoms with Gasteiger partial charge in [0.05, 0.1) is 16.0 Å². The van der Waals surface area contributed by atoms with Gasteiger partial charge in [-0.2, -0.15) is 0 Å². The van der Waals surface area contributed by atoms with Crippen molar-refractivity contribution < 1.29 is 4.79 Å². The second-order valence-electron chi connectivity index (χ2n) is 4.45. The lowest BCUT2D eigenvalue weighted by atomic mass is 10.2. The Labute approximate surface area is 139 Å². The molecule has 0 radical (unpaired) electrons. The van der Waals surface area contributed by atoms with Crippen molar-refractivity contribution in [1.29, 1.82) is 0 Å². The van der Waals surface area contributed by atoms with Crippen molar-refractivity contribution in [2.75, 3.05) is 23.4 Å². The molecule has 0 aliphatic heterocycles. The standard InChI is InChI=1S/C13H13N5OS3/c1-7-3-4-8-9(5-7)21-12(15-8)16-10(19)6-20-13-18-17-11(14-2)22-13/h3-5H,6H2,1-2H3,(H,14,17)(H,15,16,19). The summed E-state index contributed by atoms with van der Waals surface area (Å²) in [6.07, 6.45) is 0. The normalized spacial score (nSPS) is 10.8. The molecule has 1 amide bonds. The summed E-state index contributed by atoms with van der Waals surface area (Å²) < 4.78 is 1.84. The molecule has 0 saturated heterocycles. The van der Waals surface area contributed by atoms with Crippen LogP contribution in [0.3, 0.4) is 0 Å². The minimum absolute atomic E-state index is 0.0954. The molecule has 9 heteroatoms. The van der Waals surface area contributed by atoms with Crippen molar-refractivity contribution in [2.45, 2.75) is 11.3 Å². The van der Waals surface area contributed by atoms with Gasteiger partial charge in [-0.05, 0) is 24.6 Å². The summed E-state index contributed by atoms with van der Waals surface area (Å²) in [4.78, 5) is 16.4. The minimum Gasteiger partial charge on any atom is -0.363 e. The van der Waals surface area contributed by atoms with Crippen molar-refractivity contribution in [3.8, 4) is 0 Å². The van der Waals surface area contributed by atoms with Gasteiger partial charge in [0.1, 0.15) is 0 Å². The number of amides is 1. The first-order valence-corrected chi connectivity index (χ1v) is 9.07. The Kier molecular flexibility index (Phi) is 4.55. The van der Waals surface area contributed by atoms with Gasteiger partial charge in [0.25, 0.3) is 0 Å². The third-order valence-corrected chi connectivity index (χ3v) is 5.75. The van der Waals surface area contributed by atoms with Crippen molar-refractivity contribution in [2.24, 2.45) is 0 Å². The van der Waals surface area contributed by atoms with Crippen LogP contribution in [0.4, 0.5) is 10.3 Å². The van der Waals surface area contributed by atoms with E-state index in [-0.39, 0.29) is 11.7 Å². The molecule has 2 aromatic heterocycles. The molecule has 22 heavy (non-hydrogen) atoms. The average molecular weight is 351 g/mol. The number of fused-ring (bicyclic) bond motifs is 1. The summed E-state index contributed by atoms with van der Waals surface area (Å²) in [7, 11) is 1.79. The molecule has 0 aliphatic rings. The Morgan fingerprint density at radius 1 is 1.27 bits per heavy atom. The van der Waals surface area contributed by atoms with Crippen LogP contribution in [0.25, 0.3) is 10.2 Å². The number of benzene rings is 1. The lowest BCUT2D eigenvalue weighted by molar-refractivity contribution is -0.113. The van der Waals surface area contributed by atoms with E-state index in [0.717, 1.165) is 19.7 Å². The lowest BCUT2D eigenvalue weighted by Crippen LogP contribution is -2.13. The van der Waals surface area contributed by atoms with Crippen LogP contribution in [-0.2, 0) is 4.79 Å². The number of nitrogens with one attached hydrogen (secondary N) is 2. The van der Waals surface area contributed by atoms with Crippen molar-refractivity contribution in [3.05, 3.63) is 23.8 Å². The highest BCUT2D eigenvalue weighted by Gasteiger charge is 2.10. The summed E-state index contributed by atoms with van der Waals surface area (Å²) in [5.41, 5.74) is 2.09. The lowest BCUT2D eigenvalue weighted by Gasteiger charge is -1.98. The maximum Gasteiger partial charge on any atom is 0.236 e. The fourth-order valence-electron chi connectivity index (χ4n) is 1.74. The number of hydrogen-bond donors (Lipinski definition) is 2. The van der Waals surface area contributed by atoms with Gasteiger partial charge < -0.3 is 10.6 Å². The number of carbonyl (C=O) groups excluding carboxylic acids is 1. The van der Waals surface area contributed by atoms with E-state index < -0.39 is 0 Å². The smallest absolute Gasteiger partial charge is 0.236 e. The third kappa shape index (κ3) is 3.54. The molecular weight excluding hydrogens is 338 g/mol. The fraction of sp³-hybridized carbons (Fsp3) is 0.231. The number of thioether (sulfide) groups is 1. The Bertz CT molecular complexity index is 813. The minimum atomic E-state index is -0.0954. The van der Waals surface area contributed by atoms with Crippen molar-refractivity contribution in [3.63, 3.8) is 0 Å². The van der Waals surface area contributed by atoms with Gasteiger partial charge in [-0.15, -0.1) is 10.2 Å². The average Bonchev–Trinajstić information content (AvgIpc) is 3.10. The highest BCUT2D eigenvalue weighted by molar-refractivity contribution is 8.01. The van der Waals surface area contributed by atoms with Crippen LogP contribution in [-0.4, -0.2) is 33.9 Å². The van der Waals surface area contributed by atoms with Crippen LogP contribution in [0.5, 0.6) is 0 Å². The largest absolute Gasteiger partial charge is 0.363 e. The molecule has 0 fully saturated rings. The Morgan fingerprint density at radius 2 is 2.14 bits per heavy atom. The van der Waals surface area contributed by atoms with Crippen LogP contribution in [0.15, 0.2) is 22.5 Å². The number of nitrogens with zero attached hydrogens (tertiary/aromatic N) is 3. The number of anilines is 2. The second-order valence-corrected chi connectivity index (χ2v) is 7.68. The van der Waals surface area contributed by atoms with Gasteiger partial charge in [-0.25, -0.2) is 4.98 Å². The molecule has 0 spiro atoms. The molecule has 0 saturated carbocycles. The molecule has 6 nitrogen and oxygen atoms in total. The quantitative estimate of drug-likeness (QED) is 0.687. The predicted molar refractivity (Wildman–Crippen MR) is 93.2 cm³/mol. The number of thiazole rings is 1. The van der Waals surface area contributed by atoms with E-state index in [1.54, 1.807) is 7.05 Å². The highest BCUT2D eigenvalue weighted by Crippen LogP contribution is 2.28. The topological polar surface area (TPSA) is 79.8 Å². The van der Waals surface area contributed by atoms with Crippen LogP contribution >= 0.6 is 34.4 Å². The van der Waals surface area contributed by atoms with Gasteiger partial charge in [-0.3, -0.25) is 4.79 Å². The van der Waals surface area contributed by atoms with Crippen LogP contribution in [0, 0.1) is 6.92 Å². The molecule has 0 unspecified atom stereocenters. The zero-order valence-corrected chi connectivity index (χ0v) is 14.4. The van der Waals surface area contributed by atoms with E-state index >= 15 is 0 Å². The monoisotopic (exact) mass is 351 g/mol. The molecule has 3 aromatic rings. The number of aromatic nitrogens is 3. The summed E-state index contributed by atoms with van der Waals surface area (Å²) in [5, 5.41) is 15.0. The van der Waals surface area contributed by atoms with Crippen molar-refractivity contribution in [1.82, 2.24) is 15.2 Å². The number of aryl methyl sites for hydroxylation is 1. The van der Waals surface area contributed by atoms with E-state index in [1.807, 2.05) is 19.1 Å². The maximum atomic E-state index is 12.0. The fourth-order valence-corrected chi connectivity index (χ4v) is 4.22. The van der Waals surface area contributed by atoms with Gasteiger partial charge >= 0.3 is 0 Å². The van der Waals surface area contributed by atoms with E-state index in [2.05, 4.69) is 31.9 Å². The zero-order valence-electron chi connectivity index (χ0n) is 11.9. The van der Waals surface area contributed by atoms with Crippen LogP contribution in [0.1, 0.15) is 5.56 Å². The Morgan fingerprint density at radius 3 is 2.91 bits per heavy atom. The second kappa shape index (κ2) is 6.59. The van der Waals surface area contributed by atoms with Gasteiger partial charge in [0.2, 0.25) is 11.0 Å². The molecule has 0 aliphatic carbocycles. The van der Waals surface area contributed by atoms with E-state index in [1.165, 1.54) is 40.0 Å². The molecular formula is C13H13N5OS3. The number of carbonyl (C=O) groups is 1. The molecule has 2 heterocycles. The molecule has 0 atom stereocenters. The maximum absolute atomic E-state index is 12.0. The summed E-state index contributed by atoms with van der Waals surface area (Å²) in [6.45, 7) is 2.04. The molecule has 0 bridgehead atoms. The van der Waals surface area contributed by atoms with Crippen LogP contribution < -0.4 is 10.6 Å². The van der Waals surface area contributed by atoms with E-state index in [9.17, 15) is 4.79 Å². The molecule has 3 rings (SSSR count). The third-order valence-electron chi connectivity index (χ3n) is 2.74. The Hall–Kier alpha value is -1.71. The highest BCUT2D eigenvalue weighted by atomic mass is 32.2. The molecule has 2 N–H and O–H groups in total. The van der Waals surface area contributed by atoms with Crippen LogP contribution in [0.2, 0.25) is 0 Å². The van der Waals surface area contributed by atoms with Gasteiger partial charge in [-0.1, -0.05) is 40.5 Å². The predicted octanol–water partition coefficient (Wildman–Crippen LogP) is 3.23. The SMILES string of the molecule is CNc1nnc(SCC(=O)Nc2nc3ccc(C)cc3s2)s1. The zero-order chi connectivity index (χ0) is 15.5. The summed E-state index contributed by atoms with van der Waals surface area (Å²) in [6, 6.07) is 6.04. The van der Waals surface area contributed by atoms with Gasteiger partial charge in [0, 0.05) is 7.05 Å².